The maximum Gasteiger partial charge on any atom is 0.275 e. The molecule has 1 aromatic carbocycles. The predicted molar refractivity (Wildman–Crippen MR) is 101 cm³/mol. The average Bonchev–Trinajstić information content (AvgIpc) is 2.51. The number of carbonyl (C=O) groups excluding carboxylic acids is 2. The van der Waals surface area contributed by atoms with E-state index in [2.05, 4.69) is 31.5 Å². The molecule has 2 amide bonds. The number of pyridine rings is 1. The number of nitrogens with zero attached hydrogens (tertiary/aromatic N) is 1. The molecule has 0 atom stereocenters. The van der Waals surface area contributed by atoms with Crippen molar-refractivity contribution in [2.75, 3.05) is 10.6 Å². The van der Waals surface area contributed by atoms with Crippen LogP contribution < -0.4 is 10.6 Å². The first-order valence-corrected chi connectivity index (χ1v) is 8.59. The Morgan fingerprint density at radius 3 is 2.29 bits per heavy atom. The summed E-state index contributed by atoms with van der Waals surface area (Å²) in [5.41, 5.74) is 0.552. The van der Waals surface area contributed by atoms with Crippen LogP contribution in [0.5, 0.6) is 0 Å². The Labute approximate surface area is 165 Å². The van der Waals surface area contributed by atoms with Gasteiger partial charge in [0, 0.05) is 11.4 Å². The molecule has 5 nitrogen and oxygen atoms in total. The van der Waals surface area contributed by atoms with Crippen molar-refractivity contribution in [1.29, 1.82) is 0 Å². The Bertz CT molecular complexity index is 845. The first-order chi connectivity index (χ1) is 11.2. The summed E-state index contributed by atoms with van der Waals surface area (Å²) in [6, 6.07) is 4.94. The van der Waals surface area contributed by atoms with Crippen molar-refractivity contribution in [2.45, 2.75) is 6.92 Å². The highest BCUT2D eigenvalue weighted by atomic mass is 79.9. The fourth-order valence-electron chi connectivity index (χ4n) is 1.74. The molecule has 0 bridgehead atoms. The minimum atomic E-state index is -0.662. The molecule has 1 aromatic heterocycles. The van der Waals surface area contributed by atoms with Gasteiger partial charge in [0.25, 0.3) is 5.91 Å². The van der Waals surface area contributed by atoms with Crippen LogP contribution in [-0.4, -0.2) is 16.8 Å². The molecule has 0 radical (unpaired) electrons. The van der Waals surface area contributed by atoms with E-state index in [1.165, 1.54) is 6.92 Å². The minimum Gasteiger partial charge on any atom is -0.325 e. The van der Waals surface area contributed by atoms with Gasteiger partial charge >= 0.3 is 0 Å². The Balaban J connectivity index is 2.41. The number of aromatic nitrogens is 1. The summed E-state index contributed by atoms with van der Waals surface area (Å²) in [7, 11) is 0. The van der Waals surface area contributed by atoms with Crippen molar-refractivity contribution in [1.82, 2.24) is 4.98 Å². The zero-order chi connectivity index (χ0) is 18.0. The number of rotatable bonds is 3. The van der Waals surface area contributed by atoms with Gasteiger partial charge in [0.1, 0.15) is 10.8 Å². The van der Waals surface area contributed by atoms with Crippen LogP contribution in [0.1, 0.15) is 17.4 Å². The van der Waals surface area contributed by atoms with Gasteiger partial charge in [0.05, 0.1) is 26.4 Å². The van der Waals surface area contributed by atoms with Crippen LogP contribution in [0.4, 0.5) is 11.4 Å². The number of halogens is 5. The Kier molecular flexibility index (Phi) is 6.33. The molecule has 0 aliphatic heterocycles. The Morgan fingerprint density at radius 2 is 1.67 bits per heavy atom. The van der Waals surface area contributed by atoms with E-state index in [9.17, 15) is 9.59 Å². The number of hydrogen-bond acceptors (Lipinski definition) is 3. The van der Waals surface area contributed by atoms with Crippen LogP contribution in [-0.2, 0) is 4.79 Å². The third-order valence-corrected chi connectivity index (χ3v) is 4.91. The van der Waals surface area contributed by atoms with Crippen molar-refractivity contribution in [3.05, 3.63) is 48.6 Å². The first kappa shape index (κ1) is 19.3. The van der Waals surface area contributed by atoms with Crippen LogP contribution in [0.25, 0.3) is 0 Å². The lowest BCUT2D eigenvalue weighted by Gasteiger charge is -2.13. The Hall–Kier alpha value is -1.05. The first-order valence-electron chi connectivity index (χ1n) is 6.29. The number of benzene rings is 1. The van der Waals surface area contributed by atoms with Crippen molar-refractivity contribution in [2.24, 2.45) is 0 Å². The van der Waals surface area contributed by atoms with Crippen molar-refractivity contribution in [3.63, 3.8) is 0 Å². The Morgan fingerprint density at radius 1 is 1.00 bits per heavy atom. The zero-order valence-electron chi connectivity index (χ0n) is 11.9. The number of anilines is 2. The molecule has 0 aliphatic carbocycles. The predicted octanol–water partition coefficient (Wildman–Crippen LogP) is 5.67. The van der Waals surface area contributed by atoms with E-state index in [0.717, 1.165) is 0 Å². The summed E-state index contributed by atoms with van der Waals surface area (Å²) >= 11 is 26.9. The van der Waals surface area contributed by atoms with Gasteiger partial charge in [-0.1, -0.05) is 62.3 Å². The van der Waals surface area contributed by atoms with E-state index in [1.807, 2.05) is 0 Å². The van der Waals surface area contributed by atoms with E-state index in [-0.39, 0.29) is 31.8 Å². The standard InChI is InChI=1S/C14H8BrCl4N3O2/c1-5(23)20-7-3-2-6(15)4-8(7)21-14(24)12-10(17)9(16)11(18)13(19)22-12/h2-4H,1H3,(H,20,23)(H,21,24). The molecule has 0 saturated carbocycles. The molecule has 0 fully saturated rings. The second-order valence-corrected chi connectivity index (χ2v) is 6.93. The second kappa shape index (κ2) is 7.89. The smallest absolute Gasteiger partial charge is 0.275 e. The van der Waals surface area contributed by atoms with E-state index in [4.69, 9.17) is 46.4 Å². The number of carbonyl (C=O) groups is 2. The summed E-state index contributed by atoms with van der Waals surface area (Å²) in [5.74, 6) is -0.952. The third kappa shape index (κ3) is 4.32. The fourth-order valence-corrected chi connectivity index (χ4v) is 2.91. The molecule has 1 heterocycles. The minimum absolute atomic E-state index is 0.0405. The highest BCUT2D eigenvalue weighted by Crippen LogP contribution is 2.36. The normalized spacial score (nSPS) is 10.4. The third-order valence-electron chi connectivity index (χ3n) is 2.74. The molecule has 0 saturated heterocycles. The molecule has 126 valence electrons. The van der Waals surface area contributed by atoms with E-state index in [0.29, 0.717) is 15.8 Å². The second-order valence-electron chi connectivity index (χ2n) is 4.52. The van der Waals surface area contributed by atoms with Gasteiger partial charge in [-0.25, -0.2) is 4.98 Å². The summed E-state index contributed by atoms with van der Waals surface area (Å²) in [4.78, 5) is 27.6. The molecule has 10 heteroatoms. The van der Waals surface area contributed by atoms with E-state index < -0.39 is 5.91 Å². The quantitative estimate of drug-likeness (QED) is 0.567. The number of nitrogens with one attached hydrogen (secondary N) is 2. The van der Waals surface area contributed by atoms with Crippen molar-refractivity contribution >= 4 is 85.5 Å². The lowest BCUT2D eigenvalue weighted by Crippen LogP contribution is -2.17. The van der Waals surface area contributed by atoms with Crippen LogP contribution in [0.2, 0.25) is 20.2 Å². The lowest BCUT2D eigenvalue weighted by atomic mass is 10.2. The van der Waals surface area contributed by atoms with Gasteiger partial charge in [0.2, 0.25) is 5.91 Å². The zero-order valence-corrected chi connectivity index (χ0v) is 16.5. The van der Waals surface area contributed by atoms with Crippen LogP contribution in [0.15, 0.2) is 22.7 Å². The summed E-state index contributed by atoms with van der Waals surface area (Å²) < 4.78 is 0.693. The summed E-state index contributed by atoms with van der Waals surface area (Å²) in [6.45, 7) is 1.35. The van der Waals surface area contributed by atoms with Gasteiger partial charge in [-0.15, -0.1) is 0 Å². The van der Waals surface area contributed by atoms with Crippen LogP contribution >= 0.6 is 62.3 Å². The molecule has 24 heavy (non-hydrogen) atoms. The molecular formula is C14H8BrCl4N3O2. The molecular weight excluding hydrogens is 464 g/mol. The highest BCUT2D eigenvalue weighted by molar-refractivity contribution is 9.10. The molecule has 2 aromatic rings. The lowest BCUT2D eigenvalue weighted by molar-refractivity contribution is -0.114. The maximum atomic E-state index is 12.5. The van der Waals surface area contributed by atoms with Gasteiger partial charge in [0.15, 0.2) is 0 Å². The topological polar surface area (TPSA) is 71.1 Å². The number of amides is 2. The average molecular weight is 472 g/mol. The van der Waals surface area contributed by atoms with Gasteiger partial charge < -0.3 is 10.6 Å². The maximum absolute atomic E-state index is 12.5. The summed E-state index contributed by atoms with van der Waals surface area (Å²) in [5, 5.41) is 4.82. The van der Waals surface area contributed by atoms with Crippen LogP contribution in [0, 0.1) is 0 Å². The van der Waals surface area contributed by atoms with E-state index in [1.54, 1.807) is 18.2 Å². The molecule has 0 unspecified atom stereocenters. The summed E-state index contributed by atoms with van der Waals surface area (Å²) in [6.07, 6.45) is 0. The van der Waals surface area contributed by atoms with Gasteiger partial charge in [-0.05, 0) is 18.2 Å². The largest absolute Gasteiger partial charge is 0.325 e. The fraction of sp³-hybridized carbons (Fsp3) is 0.0714. The highest BCUT2D eigenvalue weighted by Gasteiger charge is 2.21. The van der Waals surface area contributed by atoms with Gasteiger partial charge in [-0.3, -0.25) is 9.59 Å². The molecule has 2 rings (SSSR count). The molecule has 0 aliphatic rings. The van der Waals surface area contributed by atoms with E-state index >= 15 is 0 Å². The SMILES string of the molecule is CC(=O)Nc1ccc(Br)cc1NC(=O)c1nc(Cl)c(Cl)c(Cl)c1Cl. The molecule has 0 spiro atoms. The van der Waals surface area contributed by atoms with Crippen LogP contribution in [0.3, 0.4) is 0 Å². The molecule has 2 N–H and O–H groups in total. The van der Waals surface area contributed by atoms with Crippen molar-refractivity contribution < 1.29 is 9.59 Å². The van der Waals surface area contributed by atoms with Gasteiger partial charge in [-0.2, -0.15) is 0 Å². The monoisotopic (exact) mass is 469 g/mol. The number of hydrogen-bond donors (Lipinski definition) is 2. The van der Waals surface area contributed by atoms with Crippen molar-refractivity contribution in [3.8, 4) is 0 Å².